The number of thiazole rings is 1. The van der Waals surface area contributed by atoms with Gasteiger partial charge in [-0.05, 0) is 12.1 Å². The van der Waals surface area contributed by atoms with E-state index < -0.39 is 28.4 Å². The molecule has 0 atom stereocenters. The van der Waals surface area contributed by atoms with Crippen LogP contribution in [0.3, 0.4) is 0 Å². The van der Waals surface area contributed by atoms with E-state index in [1.165, 1.54) is 23.5 Å². The van der Waals surface area contributed by atoms with E-state index in [1.807, 2.05) is 35.7 Å². The van der Waals surface area contributed by atoms with Crippen molar-refractivity contribution in [2.24, 2.45) is 0 Å². The van der Waals surface area contributed by atoms with Crippen LogP contribution in [0.25, 0.3) is 21.8 Å². The van der Waals surface area contributed by atoms with E-state index in [0.29, 0.717) is 0 Å². The number of nitrogens with one attached hydrogen (secondary N) is 1. The molecule has 4 nitrogen and oxygen atoms in total. The van der Waals surface area contributed by atoms with Crippen LogP contribution >= 0.6 is 11.3 Å². The molecule has 0 radical (unpaired) electrons. The maximum absolute atomic E-state index is 12.2. The van der Waals surface area contributed by atoms with Crippen LogP contribution in [0, 0.1) is 0 Å². The fraction of sp³-hybridized carbons (Fsp3) is 0.167. The Morgan fingerprint density at radius 1 is 0.963 bits per heavy atom. The SMILES string of the molecule is O=S(=O)(CCC(F)(F)F)Nc1ccc(-c2csc(-c3ccccc3)n2)cc1. The molecule has 1 aromatic heterocycles. The zero-order chi connectivity index (χ0) is 19.5. The van der Waals surface area contributed by atoms with Crippen molar-refractivity contribution in [1.82, 2.24) is 4.98 Å². The highest BCUT2D eigenvalue weighted by atomic mass is 32.2. The Kier molecular flexibility index (Phi) is 5.52. The minimum absolute atomic E-state index is 0.208. The molecule has 1 N–H and O–H groups in total. The quantitative estimate of drug-likeness (QED) is 0.608. The Balaban J connectivity index is 1.70. The zero-order valence-corrected chi connectivity index (χ0v) is 15.5. The first-order valence-corrected chi connectivity index (χ1v) is 10.4. The molecule has 0 aliphatic carbocycles. The van der Waals surface area contributed by atoms with Gasteiger partial charge in [-0.3, -0.25) is 4.72 Å². The standard InChI is InChI=1S/C18H15F3N2O2S2/c19-18(20,21)10-11-27(24,25)23-15-8-6-13(7-9-15)16-12-26-17(22-16)14-4-2-1-3-5-14/h1-9,12,23H,10-11H2. The van der Waals surface area contributed by atoms with Gasteiger partial charge in [0.25, 0.3) is 0 Å². The predicted molar refractivity (Wildman–Crippen MR) is 101 cm³/mol. The summed E-state index contributed by atoms with van der Waals surface area (Å²) in [5.74, 6) is -1.01. The van der Waals surface area contributed by atoms with Crippen LogP contribution < -0.4 is 4.72 Å². The normalized spacial score (nSPS) is 12.1. The van der Waals surface area contributed by atoms with Gasteiger partial charge in [-0.15, -0.1) is 11.3 Å². The summed E-state index contributed by atoms with van der Waals surface area (Å²) in [6.07, 6.45) is -5.90. The van der Waals surface area contributed by atoms with Gasteiger partial charge in [0.2, 0.25) is 10.0 Å². The number of hydrogen-bond acceptors (Lipinski definition) is 4. The summed E-state index contributed by atoms with van der Waals surface area (Å²) in [5.41, 5.74) is 2.74. The number of sulfonamides is 1. The molecule has 9 heteroatoms. The lowest BCUT2D eigenvalue weighted by atomic mass is 10.1. The number of alkyl halides is 3. The number of nitrogens with zero attached hydrogens (tertiary/aromatic N) is 1. The van der Waals surface area contributed by atoms with Crippen LogP contribution in [0.4, 0.5) is 18.9 Å². The topological polar surface area (TPSA) is 59.1 Å². The van der Waals surface area contributed by atoms with Gasteiger partial charge in [0.1, 0.15) is 5.01 Å². The second-order valence-corrected chi connectivity index (χ2v) is 8.47. The highest BCUT2D eigenvalue weighted by Gasteiger charge is 2.29. The second kappa shape index (κ2) is 7.69. The van der Waals surface area contributed by atoms with Crippen molar-refractivity contribution in [2.75, 3.05) is 10.5 Å². The van der Waals surface area contributed by atoms with Gasteiger partial charge in [-0.1, -0.05) is 42.5 Å². The molecule has 27 heavy (non-hydrogen) atoms. The third kappa shape index (κ3) is 5.54. The molecule has 0 aliphatic heterocycles. The average Bonchev–Trinajstić information content (AvgIpc) is 3.11. The minimum Gasteiger partial charge on any atom is -0.284 e. The lowest BCUT2D eigenvalue weighted by molar-refractivity contribution is -0.129. The predicted octanol–water partition coefficient (Wildman–Crippen LogP) is 5.17. The Bertz CT molecular complexity index is 999. The molecule has 0 spiro atoms. The van der Waals surface area contributed by atoms with Crippen molar-refractivity contribution in [3.63, 3.8) is 0 Å². The molecule has 0 saturated heterocycles. The number of halogens is 3. The summed E-state index contributed by atoms with van der Waals surface area (Å²) in [5, 5.41) is 2.76. The lowest BCUT2D eigenvalue weighted by Crippen LogP contribution is -2.21. The second-order valence-electron chi connectivity index (χ2n) is 5.77. The molecule has 0 saturated carbocycles. The van der Waals surface area contributed by atoms with Crippen LogP contribution in [0.5, 0.6) is 0 Å². The van der Waals surface area contributed by atoms with Crippen molar-refractivity contribution < 1.29 is 21.6 Å². The Morgan fingerprint density at radius 3 is 2.26 bits per heavy atom. The lowest BCUT2D eigenvalue weighted by Gasteiger charge is -2.10. The van der Waals surface area contributed by atoms with E-state index in [4.69, 9.17) is 0 Å². The van der Waals surface area contributed by atoms with Crippen molar-refractivity contribution in [3.05, 3.63) is 60.0 Å². The van der Waals surface area contributed by atoms with Gasteiger partial charge in [0, 0.05) is 22.2 Å². The van der Waals surface area contributed by atoms with Gasteiger partial charge < -0.3 is 0 Å². The molecule has 0 fully saturated rings. The van der Waals surface area contributed by atoms with Crippen LogP contribution in [0.1, 0.15) is 6.42 Å². The molecule has 142 valence electrons. The monoisotopic (exact) mass is 412 g/mol. The molecular formula is C18H15F3N2O2S2. The summed E-state index contributed by atoms with van der Waals surface area (Å²) in [6.45, 7) is 0. The zero-order valence-electron chi connectivity index (χ0n) is 13.9. The van der Waals surface area contributed by atoms with Crippen LogP contribution in [0.2, 0.25) is 0 Å². The number of anilines is 1. The van der Waals surface area contributed by atoms with E-state index in [-0.39, 0.29) is 5.69 Å². The number of rotatable bonds is 6. The van der Waals surface area contributed by atoms with Crippen LogP contribution in [-0.4, -0.2) is 25.3 Å². The highest BCUT2D eigenvalue weighted by molar-refractivity contribution is 7.92. The molecule has 3 aromatic rings. The first kappa shape index (κ1) is 19.4. The van der Waals surface area contributed by atoms with E-state index in [2.05, 4.69) is 9.71 Å². The largest absolute Gasteiger partial charge is 0.390 e. The van der Waals surface area contributed by atoms with Crippen molar-refractivity contribution >= 4 is 27.0 Å². The van der Waals surface area contributed by atoms with Crippen molar-refractivity contribution in [1.29, 1.82) is 0 Å². The summed E-state index contributed by atoms with van der Waals surface area (Å²) >= 11 is 1.49. The van der Waals surface area contributed by atoms with Crippen LogP contribution in [-0.2, 0) is 10.0 Å². The molecule has 1 heterocycles. The number of benzene rings is 2. The van der Waals surface area contributed by atoms with Gasteiger partial charge in [-0.25, -0.2) is 13.4 Å². The molecule has 2 aromatic carbocycles. The molecule has 0 bridgehead atoms. The van der Waals surface area contributed by atoms with Crippen molar-refractivity contribution in [3.8, 4) is 21.8 Å². The molecule has 0 amide bonds. The maximum Gasteiger partial charge on any atom is 0.390 e. The molecule has 0 unspecified atom stereocenters. The Labute approximate surface area is 158 Å². The third-order valence-corrected chi connectivity index (χ3v) is 5.81. The molecule has 3 rings (SSSR count). The van der Waals surface area contributed by atoms with E-state index in [1.54, 1.807) is 12.1 Å². The highest BCUT2D eigenvalue weighted by Crippen LogP contribution is 2.29. The van der Waals surface area contributed by atoms with Crippen molar-refractivity contribution in [2.45, 2.75) is 12.6 Å². The van der Waals surface area contributed by atoms with Crippen LogP contribution in [0.15, 0.2) is 60.0 Å². The smallest absolute Gasteiger partial charge is 0.284 e. The fourth-order valence-electron chi connectivity index (χ4n) is 2.31. The molecule has 0 aliphatic rings. The third-order valence-electron chi connectivity index (χ3n) is 3.63. The summed E-state index contributed by atoms with van der Waals surface area (Å²) in [6, 6.07) is 16.0. The summed E-state index contributed by atoms with van der Waals surface area (Å²) in [4.78, 5) is 4.57. The summed E-state index contributed by atoms with van der Waals surface area (Å²) in [7, 11) is -4.06. The molecular weight excluding hydrogens is 397 g/mol. The Morgan fingerprint density at radius 2 is 1.63 bits per heavy atom. The first-order chi connectivity index (χ1) is 12.7. The summed E-state index contributed by atoms with van der Waals surface area (Å²) < 4.78 is 62.2. The number of aromatic nitrogens is 1. The fourth-order valence-corrected chi connectivity index (χ4v) is 4.24. The maximum atomic E-state index is 12.2. The van der Waals surface area contributed by atoms with E-state index in [9.17, 15) is 21.6 Å². The van der Waals surface area contributed by atoms with E-state index in [0.717, 1.165) is 21.8 Å². The minimum atomic E-state index is -4.51. The first-order valence-electron chi connectivity index (χ1n) is 7.90. The average molecular weight is 412 g/mol. The van der Waals surface area contributed by atoms with Gasteiger partial charge in [0.05, 0.1) is 17.9 Å². The van der Waals surface area contributed by atoms with Gasteiger partial charge >= 0.3 is 6.18 Å². The number of hydrogen-bond donors (Lipinski definition) is 1. The van der Waals surface area contributed by atoms with Gasteiger partial charge in [0.15, 0.2) is 0 Å². The van der Waals surface area contributed by atoms with Gasteiger partial charge in [-0.2, -0.15) is 13.2 Å². The Hall–Kier alpha value is -2.39. The van der Waals surface area contributed by atoms with E-state index >= 15 is 0 Å².